The topological polar surface area (TPSA) is 56.0 Å². The molecule has 0 aliphatic heterocycles. The van der Waals surface area contributed by atoms with E-state index in [9.17, 15) is 4.79 Å². The van der Waals surface area contributed by atoms with Crippen molar-refractivity contribution in [3.8, 4) is 0 Å². The summed E-state index contributed by atoms with van der Waals surface area (Å²) in [4.78, 5) is 15.5. The Kier molecular flexibility index (Phi) is 3.05. The van der Waals surface area contributed by atoms with Crippen molar-refractivity contribution >= 4 is 17.2 Å². The highest BCUT2D eigenvalue weighted by Gasteiger charge is 2.26. The van der Waals surface area contributed by atoms with Crippen molar-refractivity contribution in [2.24, 2.45) is 11.7 Å². The molecule has 82 valence electrons. The van der Waals surface area contributed by atoms with Gasteiger partial charge in [-0.25, -0.2) is 4.98 Å². The van der Waals surface area contributed by atoms with E-state index in [1.54, 1.807) is 11.3 Å². The monoisotopic (exact) mass is 224 g/mol. The van der Waals surface area contributed by atoms with Crippen molar-refractivity contribution in [2.75, 3.05) is 0 Å². The lowest BCUT2D eigenvalue weighted by Crippen LogP contribution is -2.27. The van der Waals surface area contributed by atoms with Gasteiger partial charge in [0, 0.05) is 17.2 Å². The lowest BCUT2D eigenvalue weighted by atomic mass is 9.80. The van der Waals surface area contributed by atoms with E-state index < -0.39 is 0 Å². The molecule has 0 spiro atoms. The second-order valence-corrected chi connectivity index (χ2v) is 5.30. The number of hydrogen-bond donors (Lipinski definition) is 1. The van der Waals surface area contributed by atoms with Crippen LogP contribution in [0.4, 0.5) is 0 Å². The first kappa shape index (κ1) is 10.6. The zero-order chi connectivity index (χ0) is 10.8. The maximum atomic E-state index is 11.0. The number of nitrogens with two attached hydrogens (primary N) is 1. The first-order valence-electron chi connectivity index (χ1n) is 5.38. The fourth-order valence-electron chi connectivity index (χ4n) is 2.24. The molecule has 2 N–H and O–H groups in total. The number of primary amides is 1. The predicted octanol–water partition coefficient (Wildman–Crippen LogP) is 2.21. The van der Waals surface area contributed by atoms with Crippen LogP contribution in [0.25, 0.3) is 0 Å². The fourth-order valence-corrected chi connectivity index (χ4v) is 2.94. The van der Waals surface area contributed by atoms with Crippen LogP contribution in [0.1, 0.15) is 42.3 Å². The average molecular weight is 224 g/mol. The average Bonchev–Trinajstić information content (AvgIpc) is 2.65. The van der Waals surface area contributed by atoms with Crippen molar-refractivity contribution in [3.05, 3.63) is 16.1 Å². The summed E-state index contributed by atoms with van der Waals surface area (Å²) in [5.74, 6) is 0.509. The first-order valence-corrected chi connectivity index (χ1v) is 6.26. The number of nitrogens with zero attached hydrogens (tertiary/aromatic N) is 1. The van der Waals surface area contributed by atoms with Crippen LogP contribution in [-0.2, 0) is 4.79 Å². The minimum absolute atomic E-state index is 0.0981. The van der Waals surface area contributed by atoms with Gasteiger partial charge in [-0.1, -0.05) is 0 Å². The number of amides is 1. The van der Waals surface area contributed by atoms with Gasteiger partial charge in [0.15, 0.2) is 0 Å². The van der Waals surface area contributed by atoms with Crippen LogP contribution in [-0.4, -0.2) is 10.9 Å². The lowest BCUT2D eigenvalue weighted by molar-refractivity contribution is -0.122. The summed E-state index contributed by atoms with van der Waals surface area (Å²) < 4.78 is 0. The zero-order valence-corrected chi connectivity index (χ0v) is 9.72. The summed E-state index contributed by atoms with van der Waals surface area (Å²) in [6.07, 6.45) is 3.96. The minimum atomic E-state index is -0.136. The molecule has 1 aromatic heterocycles. The molecule has 0 radical (unpaired) electrons. The second kappa shape index (κ2) is 4.31. The van der Waals surface area contributed by atoms with Gasteiger partial charge in [-0.2, -0.15) is 0 Å². The Hall–Kier alpha value is -0.900. The van der Waals surface area contributed by atoms with Crippen molar-refractivity contribution in [3.63, 3.8) is 0 Å². The molecule has 1 aliphatic rings. The van der Waals surface area contributed by atoms with Crippen LogP contribution >= 0.6 is 11.3 Å². The molecule has 1 amide bonds. The molecule has 1 heterocycles. The summed E-state index contributed by atoms with van der Waals surface area (Å²) in [6.45, 7) is 2.03. The minimum Gasteiger partial charge on any atom is -0.369 e. The third-order valence-electron chi connectivity index (χ3n) is 3.18. The highest BCUT2D eigenvalue weighted by atomic mass is 32.1. The smallest absolute Gasteiger partial charge is 0.220 e. The number of thiazole rings is 1. The van der Waals surface area contributed by atoms with Crippen molar-refractivity contribution in [1.29, 1.82) is 0 Å². The van der Waals surface area contributed by atoms with Gasteiger partial charge in [-0.05, 0) is 32.6 Å². The summed E-state index contributed by atoms with van der Waals surface area (Å²) >= 11 is 1.70. The van der Waals surface area contributed by atoms with E-state index in [1.165, 1.54) is 5.69 Å². The number of carbonyl (C=O) groups excluding carboxylic acids is 1. The summed E-state index contributed by atoms with van der Waals surface area (Å²) in [5.41, 5.74) is 6.51. The molecule has 0 atom stereocenters. The van der Waals surface area contributed by atoms with Crippen LogP contribution < -0.4 is 5.73 Å². The number of aryl methyl sites for hydroxylation is 1. The molecular weight excluding hydrogens is 208 g/mol. The van der Waals surface area contributed by atoms with Gasteiger partial charge in [0.25, 0.3) is 0 Å². The second-order valence-electron chi connectivity index (χ2n) is 4.24. The molecule has 1 fully saturated rings. The van der Waals surface area contributed by atoms with Crippen molar-refractivity contribution in [2.45, 2.75) is 38.5 Å². The number of aromatic nitrogens is 1. The van der Waals surface area contributed by atoms with Crippen LogP contribution in [0.2, 0.25) is 0 Å². The summed E-state index contributed by atoms with van der Waals surface area (Å²) in [5, 5.41) is 3.27. The standard InChI is InChI=1S/C11H16N2OS/c1-7-13-10(6-15-7)8-2-4-9(5-3-8)11(12)14/h6,8-9H,2-5H2,1H3,(H2,12,14)/t8-,9-. The van der Waals surface area contributed by atoms with Gasteiger partial charge in [0.1, 0.15) is 0 Å². The molecule has 0 bridgehead atoms. The zero-order valence-electron chi connectivity index (χ0n) is 8.90. The molecule has 0 saturated heterocycles. The van der Waals surface area contributed by atoms with E-state index in [1.807, 2.05) is 6.92 Å². The molecule has 1 aromatic rings. The molecule has 1 aliphatic carbocycles. The maximum absolute atomic E-state index is 11.0. The molecule has 3 nitrogen and oxygen atoms in total. The van der Waals surface area contributed by atoms with Crippen LogP contribution in [0.15, 0.2) is 5.38 Å². The van der Waals surface area contributed by atoms with Crippen molar-refractivity contribution in [1.82, 2.24) is 4.98 Å². The molecule has 1 saturated carbocycles. The van der Waals surface area contributed by atoms with Gasteiger partial charge in [-0.15, -0.1) is 11.3 Å². The van der Waals surface area contributed by atoms with E-state index in [0.29, 0.717) is 5.92 Å². The van der Waals surface area contributed by atoms with Gasteiger partial charge in [0.2, 0.25) is 5.91 Å². The van der Waals surface area contributed by atoms with E-state index in [-0.39, 0.29) is 11.8 Å². The summed E-state index contributed by atoms with van der Waals surface area (Å²) in [7, 11) is 0. The Morgan fingerprint density at radius 2 is 2.13 bits per heavy atom. The Morgan fingerprint density at radius 3 is 2.60 bits per heavy atom. The Bertz CT molecular complexity index is 353. The predicted molar refractivity (Wildman–Crippen MR) is 60.7 cm³/mol. The van der Waals surface area contributed by atoms with Crippen LogP contribution in [0, 0.1) is 12.8 Å². The highest BCUT2D eigenvalue weighted by molar-refractivity contribution is 7.09. The molecular formula is C11H16N2OS. The number of hydrogen-bond acceptors (Lipinski definition) is 3. The Balaban J connectivity index is 1.96. The normalized spacial score (nSPS) is 26.5. The third-order valence-corrected chi connectivity index (χ3v) is 3.98. The molecule has 0 aromatic carbocycles. The van der Waals surface area contributed by atoms with E-state index in [2.05, 4.69) is 10.4 Å². The molecule has 4 heteroatoms. The molecule has 0 unspecified atom stereocenters. The number of carbonyl (C=O) groups is 1. The quantitative estimate of drug-likeness (QED) is 0.837. The largest absolute Gasteiger partial charge is 0.369 e. The summed E-state index contributed by atoms with van der Waals surface area (Å²) in [6, 6.07) is 0. The van der Waals surface area contributed by atoms with E-state index in [4.69, 9.17) is 5.73 Å². The lowest BCUT2D eigenvalue weighted by Gasteiger charge is -2.25. The van der Waals surface area contributed by atoms with Crippen LogP contribution in [0.5, 0.6) is 0 Å². The molecule has 2 rings (SSSR count). The van der Waals surface area contributed by atoms with Gasteiger partial charge < -0.3 is 5.73 Å². The Morgan fingerprint density at radius 1 is 1.47 bits per heavy atom. The van der Waals surface area contributed by atoms with Gasteiger partial charge in [-0.3, -0.25) is 4.79 Å². The van der Waals surface area contributed by atoms with Crippen molar-refractivity contribution < 1.29 is 4.79 Å². The van der Waals surface area contributed by atoms with Gasteiger partial charge >= 0.3 is 0 Å². The first-order chi connectivity index (χ1) is 7.16. The SMILES string of the molecule is Cc1nc([C@H]2CC[C@H](C(N)=O)CC2)cs1. The molecule has 15 heavy (non-hydrogen) atoms. The van der Waals surface area contributed by atoms with E-state index >= 15 is 0 Å². The fraction of sp³-hybridized carbons (Fsp3) is 0.636. The maximum Gasteiger partial charge on any atom is 0.220 e. The highest BCUT2D eigenvalue weighted by Crippen LogP contribution is 2.35. The van der Waals surface area contributed by atoms with E-state index in [0.717, 1.165) is 30.7 Å². The van der Waals surface area contributed by atoms with Crippen LogP contribution in [0.3, 0.4) is 0 Å². The Labute approximate surface area is 93.7 Å². The number of rotatable bonds is 2. The van der Waals surface area contributed by atoms with Gasteiger partial charge in [0.05, 0.1) is 10.7 Å². The third kappa shape index (κ3) is 2.37.